The lowest BCUT2D eigenvalue weighted by Gasteiger charge is -2.26. The van der Waals surface area contributed by atoms with Gasteiger partial charge in [-0.2, -0.15) is 0 Å². The van der Waals surface area contributed by atoms with E-state index < -0.39 is 0 Å². The van der Waals surface area contributed by atoms with E-state index in [1.54, 1.807) is 0 Å². The van der Waals surface area contributed by atoms with Crippen molar-refractivity contribution in [2.45, 2.75) is 0 Å². The van der Waals surface area contributed by atoms with E-state index >= 15 is 0 Å². The molecule has 0 atom stereocenters. The quantitative estimate of drug-likeness (QED) is 0.145. The Morgan fingerprint density at radius 1 is 0.208 bits per heavy atom. The maximum absolute atomic E-state index is 5.27. The van der Waals surface area contributed by atoms with Crippen LogP contribution >= 0.6 is 34.0 Å². The number of hydrogen-bond acceptors (Lipinski definition) is 6. The van der Waals surface area contributed by atoms with Gasteiger partial charge in [-0.1, -0.05) is 315 Å². The van der Waals surface area contributed by atoms with Crippen molar-refractivity contribution in [3.63, 3.8) is 0 Å². The Bertz CT molecular complexity index is 8970. The average molecular weight is 1650 g/mol. The molecule has 0 saturated carbocycles. The molecule has 0 N–H and O–H groups in total. The fourth-order valence-corrected chi connectivity index (χ4v) is 23.5. The minimum absolute atomic E-state index is 0.846. The molecular weight excluding hydrogens is 1570 g/mol. The van der Waals surface area contributed by atoms with Crippen molar-refractivity contribution in [1.82, 2.24) is 23.7 Å². The summed E-state index contributed by atoms with van der Waals surface area (Å²) in [7, 11) is 0. The van der Waals surface area contributed by atoms with Gasteiger partial charge in [0.05, 0.1) is 44.1 Å². The summed E-state index contributed by atoms with van der Waals surface area (Å²) in [5.74, 6) is 0.846. The number of hydrogen-bond donors (Lipinski definition) is 0. The van der Waals surface area contributed by atoms with E-state index in [9.17, 15) is 0 Å². The fourth-order valence-electron chi connectivity index (χ4n) is 19.7. The molecule has 0 aliphatic carbocycles. The van der Waals surface area contributed by atoms with Crippen molar-refractivity contribution in [2.75, 3.05) is 4.90 Å². The van der Waals surface area contributed by atoms with E-state index in [2.05, 4.69) is 425 Å². The van der Waals surface area contributed by atoms with Crippen LogP contribution in [0.5, 0.6) is 0 Å². The highest BCUT2D eigenvalue weighted by molar-refractivity contribution is 7.27. The first-order valence-electron chi connectivity index (χ1n) is 42.4. The summed E-state index contributed by atoms with van der Waals surface area (Å²) < 4.78 is 15.3. The predicted molar refractivity (Wildman–Crippen MR) is 538 cm³/mol. The second-order valence-electron chi connectivity index (χ2n) is 32.1. The second-order valence-corrected chi connectivity index (χ2v) is 35.2. The van der Waals surface area contributed by atoms with Gasteiger partial charge in [0, 0.05) is 143 Å². The molecule has 27 aromatic rings. The highest BCUT2D eigenvalue weighted by Gasteiger charge is 2.26. The first kappa shape index (κ1) is 72.2. The van der Waals surface area contributed by atoms with Gasteiger partial charge in [-0.3, -0.25) is 4.57 Å². The zero-order valence-electron chi connectivity index (χ0n) is 67.5. The van der Waals surface area contributed by atoms with Gasteiger partial charge in [0.1, 0.15) is 5.69 Å². The molecule has 0 spiro atoms. The molecule has 0 aliphatic heterocycles. The minimum atomic E-state index is 0.846. The van der Waals surface area contributed by atoms with E-state index in [1.165, 1.54) is 175 Å². The van der Waals surface area contributed by atoms with Crippen LogP contribution in [0.15, 0.2) is 437 Å². The fraction of sp³-hybridized carbons (Fsp3) is 0. The number of rotatable bonds is 9. The van der Waals surface area contributed by atoms with E-state index in [1.807, 2.05) is 64.3 Å². The van der Waals surface area contributed by atoms with Gasteiger partial charge < -0.3 is 14.0 Å². The molecule has 20 aromatic carbocycles. The molecule has 0 radical (unpaired) electrons. The lowest BCUT2D eigenvalue weighted by Crippen LogP contribution is -2.10. The Kier molecular flexibility index (Phi) is 17.1. The number of para-hydroxylation sites is 7. The normalized spacial score (nSPS) is 11.8. The van der Waals surface area contributed by atoms with Crippen LogP contribution in [-0.4, -0.2) is 23.7 Å². The van der Waals surface area contributed by atoms with Crippen LogP contribution < -0.4 is 4.90 Å². The zero-order chi connectivity index (χ0) is 82.2. The van der Waals surface area contributed by atoms with E-state index in [0.717, 1.165) is 61.9 Å². The number of nitrogens with zero attached hydrogens (tertiary/aromatic N) is 6. The standard InChI is InChI=1S/C40H26N2S.C40H25NS.C36H21N3S/c1-3-12-28(13-4-1)41(29-14-5-2-6-15-29)30-16-11-17-31(26-30)42-35-20-9-7-19-34(35)39-36(42)25-23-27-22-24-33-32-18-8-10-21-37(32)43-40(33)38(27)39;1-2-11-26(12-3-1)30-15-4-5-16-31(30)28-13-10-14-29(25-28)41-35-19-8-6-18-34(35)39-36(41)24-22-27-21-23-33-32-17-7-9-20-37(32)42-40(33)38(27)39;1-2-10-23(11-3-1)34-36(38-28-15-7-6-14-27(28)37-34)39-29-16-8-4-13-26(29)33-30(39)21-19-22-18-20-25-24-12-5-9-17-31(24)40-35(25)32(22)33/h1-26H;1-25H;1-21H. The molecule has 27 rings (SSSR count). The van der Waals surface area contributed by atoms with Gasteiger partial charge in [-0.15, -0.1) is 34.0 Å². The zero-order valence-corrected chi connectivity index (χ0v) is 69.9. The van der Waals surface area contributed by atoms with Crippen molar-refractivity contribution >= 4 is 220 Å². The Morgan fingerprint density at radius 3 is 1.02 bits per heavy atom. The first-order chi connectivity index (χ1) is 62.0. The topological polar surface area (TPSA) is 43.8 Å². The average Bonchev–Trinajstić information content (AvgIpc) is 1.57. The highest BCUT2D eigenvalue weighted by Crippen LogP contribution is 2.50. The molecule has 0 fully saturated rings. The lowest BCUT2D eigenvalue weighted by molar-refractivity contribution is 1.08. The minimum Gasteiger partial charge on any atom is -0.310 e. The van der Waals surface area contributed by atoms with Gasteiger partial charge in [0.2, 0.25) is 0 Å². The third-order valence-corrected chi connectivity index (χ3v) is 28.7. The van der Waals surface area contributed by atoms with Crippen molar-refractivity contribution in [3.05, 3.63) is 437 Å². The third kappa shape index (κ3) is 11.8. The monoisotopic (exact) mass is 1640 g/mol. The van der Waals surface area contributed by atoms with Crippen molar-refractivity contribution < 1.29 is 0 Å². The summed E-state index contributed by atoms with van der Waals surface area (Å²) in [5, 5.41) is 23.5. The summed E-state index contributed by atoms with van der Waals surface area (Å²) in [6.45, 7) is 0. The van der Waals surface area contributed by atoms with Gasteiger partial charge in [0.15, 0.2) is 5.82 Å². The summed E-state index contributed by atoms with van der Waals surface area (Å²) in [4.78, 5) is 12.8. The maximum Gasteiger partial charge on any atom is 0.165 e. The van der Waals surface area contributed by atoms with E-state index in [4.69, 9.17) is 9.97 Å². The maximum atomic E-state index is 5.27. The number of aromatic nitrogens is 5. The van der Waals surface area contributed by atoms with E-state index in [-0.39, 0.29) is 0 Å². The molecule has 0 aliphatic rings. The van der Waals surface area contributed by atoms with Crippen LogP contribution in [0.4, 0.5) is 17.1 Å². The third-order valence-electron chi connectivity index (χ3n) is 25.1. The van der Waals surface area contributed by atoms with Crippen LogP contribution in [0.1, 0.15) is 0 Å². The first-order valence-corrected chi connectivity index (χ1v) is 44.9. The van der Waals surface area contributed by atoms with Crippen LogP contribution in [0, 0.1) is 0 Å². The molecule has 0 saturated heterocycles. The van der Waals surface area contributed by atoms with Crippen LogP contribution in [0.25, 0.3) is 220 Å². The molecule has 7 aromatic heterocycles. The summed E-state index contributed by atoms with van der Waals surface area (Å²) in [5.41, 5.74) is 21.5. The Labute approximate surface area is 730 Å². The molecule has 9 heteroatoms. The molecule has 6 nitrogen and oxygen atoms in total. The van der Waals surface area contributed by atoms with Gasteiger partial charge >= 0.3 is 0 Å². The molecule has 0 bridgehead atoms. The van der Waals surface area contributed by atoms with Gasteiger partial charge in [0.25, 0.3) is 0 Å². The van der Waals surface area contributed by atoms with Crippen LogP contribution in [0.2, 0.25) is 0 Å². The lowest BCUT2D eigenvalue weighted by atomic mass is 9.94. The number of thiophene rings is 3. The Balaban J connectivity index is 0.000000103. The van der Waals surface area contributed by atoms with Gasteiger partial charge in [-0.25, -0.2) is 9.97 Å². The number of benzene rings is 20. The van der Waals surface area contributed by atoms with E-state index in [0.29, 0.717) is 0 Å². The highest BCUT2D eigenvalue weighted by atomic mass is 32.1. The molecule has 0 amide bonds. The smallest absolute Gasteiger partial charge is 0.165 e. The van der Waals surface area contributed by atoms with Crippen LogP contribution in [-0.2, 0) is 0 Å². The molecular formula is C116H72N6S3. The second kappa shape index (κ2) is 29.6. The van der Waals surface area contributed by atoms with Crippen molar-refractivity contribution in [1.29, 1.82) is 0 Å². The summed E-state index contributed by atoms with van der Waals surface area (Å²) >= 11 is 5.70. The SMILES string of the molecule is c1ccc(-c2ccccc2-c2cccc(-n3c4ccccc4c4c5c(ccc6c7ccccc7sc65)ccc43)c2)cc1.c1ccc(-c2nc3ccccc3nc2-n2c3ccccc3c3c4c(ccc5c6ccccc6sc54)ccc32)cc1.c1ccc(N(c2ccccc2)c2cccc(-n3c4ccccc4c4c5c(ccc6c7ccccc7sc65)ccc43)c2)cc1. The number of fused-ring (bicyclic) bond motifs is 28. The molecule has 7 heterocycles. The van der Waals surface area contributed by atoms with Crippen LogP contribution in [0.3, 0.4) is 0 Å². The van der Waals surface area contributed by atoms with Crippen molar-refractivity contribution in [3.8, 4) is 50.7 Å². The summed E-state index contributed by atoms with van der Waals surface area (Å²) in [6.07, 6.45) is 0. The van der Waals surface area contributed by atoms with Crippen molar-refractivity contribution in [2.24, 2.45) is 0 Å². The molecule has 125 heavy (non-hydrogen) atoms. The van der Waals surface area contributed by atoms with Gasteiger partial charge in [-0.05, 0) is 160 Å². The number of anilines is 3. The molecule has 584 valence electrons. The Hall–Kier alpha value is -15.6. The largest absolute Gasteiger partial charge is 0.310 e. The molecule has 0 unspecified atom stereocenters. The summed E-state index contributed by atoms with van der Waals surface area (Å²) in [6, 6.07) is 157. The Morgan fingerprint density at radius 2 is 0.544 bits per heavy atom. The predicted octanol–water partition coefficient (Wildman–Crippen LogP) is 33.3.